The van der Waals surface area contributed by atoms with Gasteiger partial charge in [0.2, 0.25) is 0 Å². The van der Waals surface area contributed by atoms with E-state index in [1.807, 2.05) is 6.07 Å². The molecule has 1 nitrogen and oxygen atoms in total. The molecule has 0 atom stereocenters. The first-order chi connectivity index (χ1) is 6.27. The topological polar surface area (TPSA) is 17.1 Å². The van der Waals surface area contributed by atoms with Crippen LogP contribution in [0.25, 0.3) is 0 Å². The minimum atomic E-state index is 0.195. The molecule has 0 saturated heterocycles. The summed E-state index contributed by atoms with van der Waals surface area (Å²) in [4.78, 5) is 11.6. The monoisotopic (exact) mass is 238 g/mol. The minimum absolute atomic E-state index is 0.195. The fourth-order valence-electron chi connectivity index (χ4n) is 1.84. The molecule has 1 aromatic rings. The lowest BCUT2D eigenvalue weighted by Crippen LogP contribution is -2.11. The van der Waals surface area contributed by atoms with Gasteiger partial charge in [-0.05, 0) is 49.4 Å². The Morgan fingerprint density at radius 1 is 1.15 bits per heavy atom. The molecular formula is C11H11BrO. The van der Waals surface area contributed by atoms with Gasteiger partial charge in [0.05, 0.1) is 0 Å². The second-order valence-electron chi connectivity index (χ2n) is 3.44. The van der Waals surface area contributed by atoms with Gasteiger partial charge in [0.15, 0.2) is 5.43 Å². The predicted octanol–water partition coefficient (Wildman–Crippen LogP) is 2.69. The van der Waals surface area contributed by atoms with Crippen molar-refractivity contribution in [2.45, 2.75) is 25.7 Å². The molecule has 0 aliphatic heterocycles. The zero-order valence-electron chi connectivity index (χ0n) is 7.35. The fraction of sp³-hybridized carbons (Fsp3) is 0.364. The highest BCUT2D eigenvalue weighted by molar-refractivity contribution is 9.10. The van der Waals surface area contributed by atoms with Crippen LogP contribution in [-0.2, 0) is 12.8 Å². The predicted molar refractivity (Wildman–Crippen MR) is 57.1 cm³/mol. The third-order valence-corrected chi connectivity index (χ3v) is 3.01. The smallest absolute Gasteiger partial charge is 0.182 e. The third kappa shape index (κ3) is 1.83. The van der Waals surface area contributed by atoms with Gasteiger partial charge in [0.25, 0.3) is 0 Å². The van der Waals surface area contributed by atoms with Crippen molar-refractivity contribution < 1.29 is 0 Å². The van der Waals surface area contributed by atoms with Crippen molar-refractivity contribution in [2.24, 2.45) is 0 Å². The molecule has 0 amide bonds. The summed E-state index contributed by atoms with van der Waals surface area (Å²) in [5, 5.41) is 0. The molecule has 0 bridgehead atoms. The van der Waals surface area contributed by atoms with Crippen molar-refractivity contribution >= 4 is 15.9 Å². The van der Waals surface area contributed by atoms with E-state index < -0.39 is 0 Å². The maximum Gasteiger partial charge on any atom is 0.182 e. The lowest BCUT2D eigenvalue weighted by Gasteiger charge is -2.11. The Morgan fingerprint density at radius 2 is 1.92 bits per heavy atom. The number of hydrogen-bond acceptors (Lipinski definition) is 1. The van der Waals surface area contributed by atoms with E-state index in [1.54, 1.807) is 6.07 Å². The van der Waals surface area contributed by atoms with Crippen molar-refractivity contribution in [3.63, 3.8) is 0 Å². The van der Waals surface area contributed by atoms with Crippen molar-refractivity contribution in [1.82, 2.24) is 0 Å². The first kappa shape index (κ1) is 8.95. The van der Waals surface area contributed by atoms with Crippen LogP contribution in [0.3, 0.4) is 0 Å². The van der Waals surface area contributed by atoms with Crippen LogP contribution in [0, 0.1) is 0 Å². The van der Waals surface area contributed by atoms with Crippen molar-refractivity contribution in [3.8, 4) is 0 Å². The zero-order valence-corrected chi connectivity index (χ0v) is 8.93. The van der Waals surface area contributed by atoms with Crippen LogP contribution in [0.4, 0.5) is 0 Å². The van der Waals surface area contributed by atoms with Gasteiger partial charge < -0.3 is 0 Å². The van der Waals surface area contributed by atoms with E-state index in [9.17, 15) is 4.79 Å². The number of hydrogen-bond donors (Lipinski definition) is 0. The highest BCUT2D eigenvalue weighted by Crippen LogP contribution is 2.20. The number of rotatable bonds is 0. The van der Waals surface area contributed by atoms with Gasteiger partial charge in [-0.3, -0.25) is 4.79 Å². The molecule has 13 heavy (non-hydrogen) atoms. The molecule has 0 heterocycles. The number of fused-ring (bicyclic) bond motifs is 1. The Kier molecular flexibility index (Phi) is 2.49. The molecule has 2 rings (SSSR count). The molecule has 2 heteroatoms. The van der Waals surface area contributed by atoms with Crippen LogP contribution in [0.15, 0.2) is 27.5 Å². The molecule has 0 radical (unpaired) electrons. The van der Waals surface area contributed by atoms with E-state index in [0.29, 0.717) is 0 Å². The van der Waals surface area contributed by atoms with Crippen molar-refractivity contribution in [2.75, 3.05) is 0 Å². The van der Waals surface area contributed by atoms with Crippen LogP contribution < -0.4 is 5.43 Å². The van der Waals surface area contributed by atoms with Crippen molar-refractivity contribution in [3.05, 3.63) is 44.0 Å². The van der Waals surface area contributed by atoms with Crippen LogP contribution in [0.5, 0.6) is 0 Å². The van der Waals surface area contributed by atoms with Crippen LogP contribution in [0.1, 0.15) is 24.0 Å². The first-order valence-corrected chi connectivity index (χ1v) is 5.38. The van der Waals surface area contributed by atoms with Gasteiger partial charge in [-0.1, -0.05) is 15.9 Å². The summed E-state index contributed by atoms with van der Waals surface area (Å²) in [6, 6.07) is 5.57. The third-order valence-electron chi connectivity index (χ3n) is 2.51. The lowest BCUT2D eigenvalue weighted by molar-refractivity contribution is 0.683. The quantitative estimate of drug-likeness (QED) is 0.680. The summed E-state index contributed by atoms with van der Waals surface area (Å²) in [5.74, 6) is 0. The lowest BCUT2D eigenvalue weighted by atomic mass is 9.94. The van der Waals surface area contributed by atoms with Gasteiger partial charge >= 0.3 is 0 Å². The summed E-state index contributed by atoms with van der Waals surface area (Å²) in [5.41, 5.74) is 2.45. The molecule has 1 aliphatic rings. The Bertz CT molecular complexity index is 384. The maximum atomic E-state index is 11.6. The van der Waals surface area contributed by atoms with Crippen LogP contribution in [0.2, 0.25) is 0 Å². The molecule has 0 fully saturated rings. The second-order valence-corrected chi connectivity index (χ2v) is 4.35. The minimum Gasteiger partial charge on any atom is -0.290 e. The average Bonchev–Trinajstić information content (AvgIpc) is 2.27. The summed E-state index contributed by atoms with van der Waals surface area (Å²) in [7, 11) is 0. The summed E-state index contributed by atoms with van der Waals surface area (Å²) in [6.07, 6.45) is 4.37. The van der Waals surface area contributed by atoms with Gasteiger partial charge in [-0.15, -0.1) is 0 Å². The van der Waals surface area contributed by atoms with Crippen LogP contribution in [-0.4, -0.2) is 0 Å². The van der Waals surface area contributed by atoms with Crippen molar-refractivity contribution in [1.29, 1.82) is 0 Å². The van der Waals surface area contributed by atoms with Crippen LogP contribution >= 0.6 is 15.9 Å². The van der Waals surface area contributed by atoms with E-state index >= 15 is 0 Å². The van der Waals surface area contributed by atoms with E-state index in [4.69, 9.17) is 0 Å². The molecule has 0 spiro atoms. The summed E-state index contributed by atoms with van der Waals surface area (Å²) in [6.45, 7) is 0. The average molecular weight is 239 g/mol. The highest BCUT2D eigenvalue weighted by Gasteiger charge is 2.10. The standard InChI is InChI=1S/C11H11BrO/c12-9-5-6-11(13)10-4-2-1-3-8(10)7-9/h5-7H,1-4H2. The largest absolute Gasteiger partial charge is 0.290 e. The van der Waals surface area contributed by atoms with E-state index in [-0.39, 0.29) is 5.43 Å². The molecule has 1 aliphatic carbocycles. The zero-order chi connectivity index (χ0) is 9.26. The van der Waals surface area contributed by atoms with E-state index in [1.165, 1.54) is 12.0 Å². The maximum absolute atomic E-state index is 11.6. The summed E-state index contributed by atoms with van der Waals surface area (Å²) < 4.78 is 1.01. The number of aryl methyl sites for hydroxylation is 1. The highest BCUT2D eigenvalue weighted by atomic mass is 79.9. The molecule has 68 valence electrons. The Morgan fingerprint density at radius 3 is 2.77 bits per heavy atom. The Hall–Kier alpha value is -0.630. The molecule has 0 N–H and O–H groups in total. The molecule has 0 unspecified atom stereocenters. The molecule has 1 aromatic carbocycles. The number of halogens is 1. The van der Waals surface area contributed by atoms with E-state index in [0.717, 1.165) is 29.3 Å². The normalized spacial score (nSPS) is 15.2. The Labute approximate surface area is 85.9 Å². The first-order valence-electron chi connectivity index (χ1n) is 4.59. The second kappa shape index (κ2) is 3.62. The fourth-order valence-corrected chi connectivity index (χ4v) is 2.25. The van der Waals surface area contributed by atoms with Gasteiger partial charge in [0, 0.05) is 10.0 Å². The molecular weight excluding hydrogens is 228 g/mol. The van der Waals surface area contributed by atoms with Gasteiger partial charge in [-0.2, -0.15) is 0 Å². The van der Waals surface area contributed by atoms with Gasteiger partial charge in [-0.25, -0.2) is 0 Å². The van der Waals surface area contributed by atoms with E-state index in [2.05, 4.69) is 22.0 Å². The molecule has 0 saturated carbocycles. The SMILES string of the molecule is O=c1ccc(Br)cc2c1CCCC2. The summed E-state index contributed by atoms with van der Waals surface area (Å²) >= 11 is 3.42. The Balaban J connectivity index is 2.68. The molecule has 0 aromatic heterocycles. The van der Waals surface area contributed by atoms with Gasteiger partial charge in [0.1, 0.15) is 0 Å².